The number of hydrogen-bond acceptors (Lipinski definition) is 4. The number of methoxy groups -OCH3 is 1. The summed E-state index contributed by atoms with van der Waals surface area (Å²) in [5, 5.41) is 17.5. The van der Waals surface area contributed by atoms with Crippen LogP contribution < -0.4 is 10.5 Å². The third-order valence-electron chi connectivity index (χ3n) is 1.96. The molecular weight excluding hydrogens is 196 g/mol. The minimum atomic E-state index is -1.03. The van der Waals surface area contributed by atoms with Crippen LogP contribution in [0.25, 0.3) is 0 Å². The van der Waals surface area contributed by atoms with Gasteiger partial charge in [-0.15, -0.1) is 0 Å². The summed E-state index contributed by atoms with van der Waals surface area (Å²) in [6.45, 7) is 0. The van der Waals surface area contributed by atoms with Crippen LogP contribution in [0.3, 0.4) is 0 Å². The van der Waals surface area contributed by atoms with E-state index in [0.29, 0.717) is 11.3 Å². The molecule has 0 bridgehead atoms. The van der Waals surface area contributed by atoms with Crippen molar-refractivity contribution < 1.29 is 14.6 Å². The summed E-state index contributed by atoms with van der Waals surface area (Å²) in [7, 11) is 1.41. The van der Waals surface area contributed by atoms with Crippen LogP contribution in [0.1, 0.15) is 11.1 Å². The second-order valence-electron chi connectivity index (χ2n) is 2.89. The average molecular weight is 206 g/mol. The zero-order valence-electron chi connectivity index (χ0n) is 8.15. The molecule has 5 nitrogen and oxygen atoms in total. The molecule has 0 fully saturated rings. The monoisotopic (exact) mass is 206 g/mol. The van der Waals surface area contributed by atoms with E-state index in [1.54, 1.807) is 6.07 Å². The van der Waals surface area contributed by atoms with Crippen LogP contribution in [0.2, 0.25) is 0 Å². The van der Waals surface area contributed by atoms with E-state index in [4.69, 9.17) is 20.8 Å². The number of ether oxygens (including phenoxy) is 1. The molecule has 0 heterocycles. The fourth-order valence-electron chi connectivity index (χ4n) is 1.30. The van der Waals surface area contributed by atoms with Gasteiger partial charge in [-0.2, -0.15) is 5.26 Å². The maximum absolute atomic E-state index is 10.6. The van der Waals surface area contributed by atoms with E-state index >= 15 is 0 Å². The minimum absolute atomic E-state index is 0.164. The lowest BCUT2D eigenvalue weighted by Crippen LogP contribution is -2.06. The van der Waals surface area contributed by atoms with Crippen molar-refractivity contribution in [1.82, 2.24) is 0 Å². The molecular formula is C10H10N2O3. The molecule has 0 aliphatic heterocycles. The first kappa shape index (κ1) is 10.9. The lowest BCUT2D eigenvalue weighted by atomic mass is 10.0. The van der Waals surface area contributed by atoms with E-state index in [2.05, 4.69) is 0 Å². The lowest BCUT2D eigenvalue weighted by molar-refractivity contribution is -0.136. The zero-order valence-corrected chi connectivity index (χ0v) is 8.15. The van der Waals surface area contributed by atoms with Gasteiger partial charge < -0.3 is 15.6 Å². The number of carboxylic acids is 1. The predicted molar refractivity (Wildman–Crippen MR) is 53.5 cm³/mol. The van der Waals surface area contributed by atoms with Crippen LogP contribution in [-0.4, -0.2) is 18.2 Å². The number of hydrogen-bond donors (Lipinski definition) is 2. The van der Waals surface area contributed by atoms with Crippen molar-refractivity contribution in [1.29, 1.82) is 5.26 Å². The lowest BCUT2D eigenvalue weighted by Gasteiger charge is -2.09. The quantitative estimate of drug-likeness (QED) is 0.712. The van der Waals surface area contributed by atoms with Gasteiger partial charge in [-0.1, -0.05) is 0 Å². The van der Waals surface area contributed by atoms with E-state index < -0.39 is 5.97 Å². The Balaban J connectivity index is 3.35. The Morgan fingerprint density at radius 3 is 2.80 bits per heavy atom. The van der Waals surface area contributed by atoms with Crippen molar-refractivity contribution in [3.63, 3.8) is 0 Å². The molecule has 0 unspecified atom stereocenters. The summed E-state index contributed by atoms with van der Waals surface area (Å²) < 4.78 is 4.97. The molecule has 5 heteroatoms. The number of nitrogen functional groups attached to an aromatic ring is 1. The van der Waals surface area contributed by atoms with Crippen molar-refractivity contribution in [2.24, 2.45) is 0 Å². The first-order chi connectivity index (χ1) is 7.10. The van der Waals surface area contributed by atoms with E-state index in [1.807, 2.05) is 6.07 Å². The zero-order chi connectivity index (χ0) is 11.4. The second-order valence-corrected chi connectivity index (χ2v) is 2.89. The van der Waals surface area contributed by atoms with E-state index in [1.165, 1.54) is 13.2 Å². The smallest absolute Gasteiger partial charge is 0.308 e. The van der Waals surface area contributed by atoms with Crippen molar-refractivity contribution in [3.05, 3.63) is 23.3 Å². The number of rotatable bonds is 3. The summed E-state index contributed by atoms with van der Waals surface area (Å²) in [5.74, 6) is -0.668. The van der Waals surface area contributed by atoms with Crippen molar-refractivity contribution in [3.8, 4) is 11.8 Å². The number of nitrogens with zero attached hydrogens (tertiary/aromatic N) is 1. The Kier molecular flexibility index (Phi) is 3.13. The second kappa shape index (κ2) is 4.33. The van der Waals surface area contributed by atoms with Gasteiger partial charge in [0.05, 0.1) is 19.1 Å². The third kappa shape index (κ3) is 2.17. The van der Waals surface area contributed by atoms with Gasteiger partial charge >= 0.3 is 5.97 Å². The Bertz CT molecular complexity index is 435. The highest BCUT2D eigenvalue weighted by Gasteiger charge is 2.15. The SMILES string of the molecule is COc1ccc(N)c(C#N)c1CC(=O)O. The van der Waals surface area contributed by atoms with Gasteiger partial charge in [0, 0.05) is 11.3 Å². The average Bonchev–Trinajstić information content (AvgIpc) is 2.18. The Morgan fingerprint density at radius 2 is 2.33 bits per heavy atom. The van der Waals surface area contributed by atoms with Gasteiger partial charge in [-0.3, -0.25) is 4.79 Å². The molecule has 0 saturated carbocycles. The molecule has 0 radical (unpaired) electrons. The van der Waals surface area contributed by atoms with Crippen LogP contribution in [0.15, 0.2) is 12.1 Å². The summed E-state index contributed by atoms with van der Waals surface area (Å²) in [6.07, 6.45) is -0.281. The topological polar surface area (TPSA) is 96.3 Å². The van der Waals surface area contributed by atoms with Gasteiger partial charge in [0.1, 0.15) is 11.8 Å². The number of carboxylic acid groups (broad SMARTS) is 1. The molecule has 1 aromatic rings. The molecule has 0 saturated heterocycles. The van der Waals surface area contributed by atoms with Crippen LogP contribution in [0, 0.1) is 11.3 Å². The Morgan fingerprint density at radius 1 is 1.67 bits per heavy atom. The Hall–Kier alpha value is -2.22. The predicted octanol–water partition coefficient (Wildman–Crippen LogP) is 0.776. The highest BCUT2D eigenvalue weighted by atomic mass is 16.5. The molecule has 0 aliphatic rings. The first-order valence-electron chi connectivity index (χ1n) is 4.17. The van der Waals surface area contributed by atoms with Gasteiger partial charge in [-0.25, -0.2) is 0 Å². The number of nitrogens with two attached hydrogens (primary N) is 1. The highest BCUT2D eigenvalue weighted by Crippen LogP contribution is 2.27. The summed E-state index contributed by atoms with van der Waals surface area (Å²) >= 11 is 0. The molecule has 0 aromatic heterocycles. The molecule has 1 rings (SSSR count). The number of carbonyl (C=O) groups is 1. The molecule has 0 amide bonds. The molecule has 0 atom stereocenters. The maximum atomic E-state index is 10.6. The molecule has 3 N–H and O–H groups in total. The number of benzene rings is 1. The van der Waals surface area contributed by atoms with E-state index in [9.17, 15) is 4.79 Å². The van der Waals surface area contributed by atoms with Gasteiger partial charge in [0.25, 0.3) is 0 Å². The van der Waals surface area contributed by atoms with Crippen LogP contribution >= 0.6 is 0 Å². The molecule has 0 aliphatic carbocycles. The standard InChI is InChI=1S/C10H10N2O3/c1-15-9-3-2-8(12)7(5-11)6(9)4-10(13)14/h2-3H,4,12H2,1H3,(H,13,14). The van der Waals surface area contributed by atoms with Crippen LogP contribution in [-0.2, 0) is 11.2 Å². The minimum Gasteiger partial charge on any atom is -0.496 e. The highest BCUT2D eigenvalue weighted by molar-refractivity contribution is 5.75. The van der Waals surface area contributed by atoms with Gasteiger partial charge in [0.2, 0.25) is 0 Å². The first-order valence-corrected chi connectivity index (χ1v) is 4.17. The van der Waals surface area contributed by atoms with Gasteiger partial charge in [0.15, 0.2) is 0 Å². The maximum Gasteiger partial charge on any atom is 0.308 e. The number of nitriles is 1. The molecule has 15 heavy (non-hydrogen) atoms. The Labute approximate surface area is 86.7 Å². The fraction of sp³-hybridized carbons (Fsp3) is 0.200. The fourth-order valence-corrected chi connectivity index (χ4v) is 1.30. The summed E-state index contributed by atoms with van der Waals surface area (Å²) in [6, 6.07) is 4.94. The summed E-state index contributed by atoms with van der Waals surface area (Å²) in [5.41, 5.74) is 6.30. The third-order valence-corrected chi connectivity index (χ3v) is 1.96. The molecule has 0 spiro atoms. The van der Waals surface area contributed by atoms with Crippen LogP contribution in [0.4, 0.5) is 5.69 Å². The largest absolute Gasteiger partial charge is 0.496 e. The number of aliphatic carboxylic acids is 1. The summed E-state index contributed by atoms with van der Waals surface area (Å²) in [4.78, 5) is 10.6. The molecule has 78 valence electrons. The normalized spacial score (nSPS) is 9.33. The van der Waals surface area contributed by atoms with E-state index in [-0.39, 0.29) is 17.7 Å². The number of anilines is 1. The molecule has 1 aromatic carbocycles. The van der Waals surface area contributed by atoms with Crippen LogP contribution in [0.5, 0.6) is 5.75 Å². The van der Waals surface area contributed by atoms with Gasteiger partial charge in [-0.05, 0) is 12.1 Å². The van der Waals surface area contributed by atoms with Crippen molar-refractivity contribution in [2.75, 3.05) is 12.8 Å². The van der Waals surface area contributed by atoms with Crippen molar-refractivity contribution >= 4 is 11.7 Å². The van der Waals surface area contributed by atoms with E-state index in [0.717, 1.165) is 0 Å². The van der Waals surface area contributed by atoms with Crippen molar-refractivity contribution in [2.45, 2.75) is 6.42 Å².